The van der Waals surface area contributed by atoms with E-state index in [1.54, 1.807) is 11.8 Å². The number of hydrogen-bond acceptors (Lipinski definition) is 8. The van der Waals surface area contributed by atoms with Crippen LogP contribution in [-0.2, 0) is 33.5 Å². The van der Waals surface area contributed by atoms with Gasteiger partial charge in [-0.1, -0.05) is 82.1 Å². The summed E-state index contributed by atoms with van der Waals surface area (Å²) in [5, 5.41) is 15.5. The van der Waals surface area contributed by atoms with Crippen LogP contribution in [0, 0.1) is 47.3 Å². The molecular weight excluding hydrogens is 620 g/mol. The van der Waals surface area contributed by atoms with E-state index in [2.05, 4.69) is 10.6 Å². The molecule has 7 atom stereocenters. The highest BCUT2D eigenvalue weighted by molar-refractivity contribution is 7.98. The van der Waals surface area contributed by atoms with Gasteiger partial charge in [0, 0.05) is 24.7 Å². The van der Waals surface area contributed by atoms with Crippen molar-refractivity contribution >= 4 is 47.1 Å². The van der Waals surface area contributed by atoms with Gasteiger partial charge in [0.1, 0.15) is 0 Å². The number of carbonyl (C=O) groups excluding carboxylic acids is 5. The summed E-state index contributed by atoms with van der Waals surface area (Å²) in [5.74, 6) is -4.99. The van der Waals surface area contributed by atoms with Crippen LogP contribution in [0.1, 0.15) is 114 Å². The van der Waals surface area contributed by atoms with Crippen molar-refractivity contribution in [2.24, 2.45) is 47.3 Å². The van der Waals surface area contributed by atoms with Crippen molar-refractivity contribution < 1.29 is 38.6 Å². The maximum Gasteiger partial charge on any atom is 0.306 e. The van der Waals surface area contributed by atoms with Gasteiger partial charge in [-0.3, -0.25) is 28.8 Å². The van der Waals surface area contributed by atoms with E-state index in [4.69, 9.17) is 4.74 Å². The van der Waals surface area contributed by atoms with Crippen LogP contribution < -0.4 is 10.6 Å². The molecule has 2 amide bonds. The molecule has 11 heteroatoms. The van der Waals surface area contributed by atoms with Gasteiger partial charge in [-0.25, -0.2) is 0 Å². The van der Waals surface area contributed by atoms with E-state index in [0.717, 1.165) is 0 Å². The van der Waals surface area contributed by atoms with E-state index < -0.39 is 47.7 Å². The van der Waals surface area contributed by atoms with E-state index in [9.17, 15) is 33.9 Å². The van der Waals surface area contributed by atoms with Gasteiger partial charge in [-0.05, 0) is 54.4 Å². The molecule has 47 heavy (non-hydrogen) atoms. The third-order valence-electron chi connectivity index (χ3n) is 8.86. The number of amides is 2. The average molecular weight is 685 g/mol. The molecule has 0 spiro atoms. The Morgan fingerprint density at radius 3 is 1.64 bits per heavy atom. The van der Waals surface area contributed by atoms with Crippen molar-refractivity contribution in [2.45, 2.75) is 126 Å². The number of esters is 1. The summed E-state index contributed by atoms with van der Waals surface area (Å²) >= 11 is 1.56. The molecule has 0 rings (SSSR count). The monoisotopic (exact) mass is 684 g/mol. The lowest BCUT2D eigenvalue weighted by Crippen LogP contribution is -2.51. The quantitative estimate of drug-likeness (QED) is 0.0990. The summed E-state index contributed by atoms with van der Waals surface area (Å²) in [6, 6.07) is -1.74. The minimum Gasteiger partial charge on any atom is -0.481 e. The number of ketones is 2. The molecule has 0 radical (unpaired) electrons. The highest BCUT2D eigenvalue weighted by Crippen LogP contribution is 2.24. The van der Waals surface area contributed by atoms with Crippen molar-refractivity contribution in [3.8, 4) is 0 Å². The summed E-state index contributed by atoms with van der Waals surface area (Å²) in [4.78, 5) is 78.8. The van der Waals surface area contributed by atoms with Gasteiger partial charge in [0.05, 0.1) is 31.0 Å². The fourth-order valence-electron chi connectivity index (χ4n) is 5.37. The van der Waals surface area contributed by atoms with Crippen LogP contribution in [0.5, 0.6) is 0 Å². The first-order chi connectivity index (χ1) is 21.9. The van der Waals surface area contributed by atoms with E-state index in [1.807, 2.05) is 75.5 Å². The normalized spacial score (nSPS) is 16.1. The van der Waals surface area contributed by atoms with Gasteiger partial charge in [0.2, 0.25) is 11.8 Å². The number of rotatable bonds is 25. The molecule has 272 valence electrons. The van der Waals surface area contributed by atoms with E-state index in [0.29, 0.717) is 31.4 Å². The van der Waals surface area contributed by atoms with Crippen LogP contribution in [0.15, 0.2) is 0 Å². The average Bonchev–Trinajstić information content (AvgIpc) is 3.00. The van der Waals surface area contributed by atoms with Crippen molar-refractivity contribution in [1.29, 1.82) is 0 Å². The second-order valence-corrected chi connectivity index (χ2v) is 15.3. The van der Waals surface area contributed by atoms with E-state index >= 15 is 0 Å². The predicted octanol–water partition coefficient (Wildman–Crippen LogP) is 5.94. The van der Waals surface area contributed by atoms with Crippen molar-refractivity contribution in [1.82, 2.24) is 10.6 Å². The Balaban J connectivity index is 6.01. The summed E-state index contributed by atoms with van der Waals surface area (Å²) in [6.45, 7) is 19.1. The van der Waals surface area contributed by atoms with E-state index in [1.165, 1.54) is 0 Å². The molecule has 0 fully saturated rings. The Morgan fingerprint density at radius 2 is 1.21 bits per heavy atom. The van der Waals surface area contributed by atoms with Crippen LogP contribution in [0.4, 0.5) is 0 Å². The van der Waals surface area contributed by atoms with Crippen molar-refractivity contribution in [3.63, 3.8) is 0 Å². The number of Topliss-reactive ketones (excluding diaryl/α,β-unsaturated/α-hetero) is 2. The first-order valence-electron chi connectivity index (χ1n) is 17.4. The third-order valence-corrected chi connectivity index (χ3v) is 9.51. The number of hydrogen-bond donors (Lipinski definition) is 3. The molecular formula is C36H64N2O8S. The summed E-state index contributed by atoms with van der Waals surface area (Å²) in [7, 11) is 0. The Kier molecular flexibility index (Phi) is 21.8. The zero-order valence-electron chi connectivity index (χ0n) is 30.9. The number of thioether (sulfide) groups is 1. The maximum atomic E-state index is 13.8. The first kappa shape index (κ1) is 44.6. The molecule has 0 aliphatic heterocycles. The number of nitrogens with one attached hydrogen (secondary N) is 2. The molecule has 0 aromatic heterocycles. The minimum atomic E-state index is -1.03. The van der Waals surface area contributed by atoms with E-state index in [-0.39, 0.29) is 72.9 Å². The first-order valence-corrected chi connectivity index (χ1v) is 18.8. The van der Waals surface area contributed by atoms with Crippen LogP contribution in [-0.4, -0.2) is 71.1 Å². The van der Waals surface area contributed by atoms with Gasteiger partial charge in [-0.2, -0.15) is 11.8 Å². The minimum absolute atomic E-state index is 0.0809. The molecule has 0 saturated heterocycles. The predicted molar refractivity (Wildman–Crippen MR) is 188 cm³/mol. The van der Waals surface area contributed by atoms with Crippen LogP contribution >= 0.6 is 11.8 Å². The summed E-state index contributed by atoms with van der Waals surface area (Å²) in [6.07, 6.45) is 3.52. The molecule has 0 aromatic rings. The van der Waals surface area contributed by atoms with Gasteiger partial charge in [0.25, 0.3) is 0 Å². The van der Waals surface area contributed by atoms with Gasteiger partial charge in [-0.15, -0.1) is 0 Å². The Morgan fingerprint density at radius 1 is 0.702 bits per heavy atom. The lowest BCUT2D eigenvalue weighted by Gasteiger charge is -2.30. The molecule has 0 aliphatic rings. The van der Waals surface area contributed by atoms with Crippen LogP contribution in [0.25, 0.3) is 0 Å². The highest BCUT2D eigenvalue weighted by Gasteiger charge is 2.36. The standard InChI is InChI=1S/C36H64N2O8S/c1-12-24(9)32(29(39)17-27(36(44)45)16-21(3)4)38-35(43)28(23(7)8)19-30(40)33(25(10)13-2)37-34(42)26(14-15-47-11)18-31(41)46-20-22(5)6/h21-28,32-33H,12-20H2,1-11H3,(H,37,42)(H,38,43)(H,44,45). The fraction of sp³-hybridized carbons (Fsp3) is 0.833. The topological polar surface area (TPSA) is 156 Å². The lowest BCUT2D eigenvalue weighted by molar-refractivity contribution is -0.148. The molecule has 0 saturated carbocycles. The zero-order chi connectivity index (χ0) is 36.4. The summed E-state index contributed by atoms with van der Waals surface area (Å²) in [5.41, 5.74) is 0. The Bertz CT molecular complexity index is 1010. The number of ether oxygens (including phenoxy) is 1. The lowest BCUT2D eigenvalue weighted by atomic mass is 9.83. The molecule has 0 aromatic carbocycles. The van der Waals surface area contributed by atoms with Crippen LogP contribution in [0.3, 0.4) is 0 Å². The zero-order valence-corrected chi connectivity index (χ0v) is 31.7. The van der Waals surface area contributed by atoms with Crippen molar-refractivity contribution in [3.05, 3.63) is 0 Å². The summed E-state index contributed by atoms with van der Waals surface area (Å²) < 4.78 is 5.32. The highest BCUT2D eigenvalue weighted by atomic mass is 32.2. The maximum absolute atomic E-state index is 13.8. The second kappa shape index (κ2) is 23.0. The fourth-order valence-corrected chi connectivity index (χ4v) is 5.89. The molecule has 0 aliphatic carbocycles. The van der Waals surface area contributed by atoms with Crippen LogP contribution in [0.2, 0.25) is 0 Å². The number of carboxylic acid groups (broad SMARTS) is 1. The van der Waals surface area contributed by atoms with Gasteiger partial charge in [0.15, 0.2) is 11.6 Å². The number of carbonyl (C=O) groups is 6. The molecule has 0 bridgehead atoms. The molecule has 7 unspecified atom stereocenters. The molecule has 10 nitrogen and oxygen atoms in total. The SMILES string of the molecule is CCC(C)C(NC(=O)C(CCSC)CC(=O)OCC(C)C)C(=O)CC(C(=O)NC(C(=O)CC(CC(C)C)C(=O)O)C(C)CC)C(C)C. The van der Waals surface area contributed by atoms with Gasteiger partial charge >= 0.3 is 11.9 Å². The molecule has 0 heterocycles. The largest absolute Gasteiger partial charge is 0.481 e. The smallest absolute Gasteiger partial charge is 0.306 e. The third kappa shape index (κ3) is 17.0. The second-order valence-electron chi connectivity index (χ2n) is 14.4. The molecule has 3 N–H and O–H groups in total. The van der Waals surface area contributed by atoms with Crippen molar-refractivity contribution in [2.75, 3.05) is 18.6 Å². The van der Waals surface area contributed by atoms with Gasteiger partial charge < -0.3 is 20.5 Å². The number of aliphatic carboxylic acids is 1. The number of carboxylic acids is 1. The Hall–Kier alpha value is -2.43. The Labute approximate surface area is 288 Å².